The summed E-state index contributed by atoms with van der Waals surface area (Å²) in [4.78, 5) is 27.5. The van der Waals surface area contributed by atoms with E-state index in [0.717, 1.165) is 36.4 Å². The normalized spacial score (nSPS) is 10.8. The van der Waals surface area contributed by atoms with E-state index in [2.05, 4.69) is 31.3 Å². The van der Waals surface area contributed by atoms with Gasteiger partial charge in [0.2, 0.25) is 5.91 Å². The Balaban J connectivity index is 1.53. The summed E-state index contributed by atoms with van der Waals surface area (Å²) in [5.74, 6) is 0.0567. The zero-order chi connectivity index (χ0) is 24.3. The number of carbonyl (C=O) groups is 2. The quantitative estimate of drug-likeness (QED) is 0.315. The molecule has 0 bridgehead atoms. The van der Waals surface area contributed by atoms with E-state index < -0.39 is 0 Å². The van der Waals surface area contributed by atoms with Crippen molar-refractivity contribution in [2.75, 3.05) is 18.0 Å². The maximum Gasteiger partial charge on any atom is 0.258 e. The largest absolute Gasteiger partial charge is 0.355 e. The molecule has 0 aliphatic carbocycles. The third-order valence-corrected chi connectivity index (χ3v) is 6.07. The first-order valence-corrected chi connectivity index (χ1v) is 12.3. The van der Waals surface area contributed by atoms with Gasteiger partial charge in [-0.05, 0) is 72.7 Å². The van der Waals surface area contributed by atoms with Crippen molar-refractivity contribution in [3.05, 3.63) is 101 Å². The summed E-state index contributed by atoms with van der Waals surface area (Å²) in [5, 5.41) is 3.73. The molecule has 3 rings (SSSR count). The summed E-state index contributed by atoms with van der Waals surface area (Å²) in [6.07, 6.45) is 3.97. The average Bonchev–Trinajstić information content (AvgIpc) is 2.86. The van der Waals surface area contributed by atoms with Crippen molar-refractivity contribution in [3.8, 4) is 0 Å². The van der Waals surface area contributed by atoms with Crippen LogP contribution in [0, 0.1) is 0 Å². The Morgan fingerprint density at radius 2 is 1.53 bits per heavy atom. The second kappa shape index (κ2) is 13.0. The van der Waals surface area contributed by atoms with Crippen molar-refractivity contribution in [3.63, 3.8) is 0 Å². The van der Waals surface area contributed by atoms with Gasteiger partial charge in [0.15, 0.2) is 0 Å². The van der Waals surface area contributed by atoms with Gasteiger partial charge >= 0.3 is 0 Å². The second-order valence-corrected chi connectivity index (χ2v) is 9.23. The van der Waals surface area contributed by atoms with Crippen LogP contribution in [0.15, 0.2) is 78.9 Å². The molecule has 178 valence electrons. The lowest BCUT2D eigenvalue weighted by atomic mass is 10.0. The predicted octanol–water partition coefficient (Wildman–Crippen LogP) is 6.64. The van der Waals surface area contributed by atoms with E-state index in [4.69, 9.17) is 11.6 Å². The van der Waals surface area contributed by atoms with Crippen LogP contribution < -0.4 is 10.2 Å². The van der Waals surface area contributed by atoms with Gasteiger partial charge in [0, 0.05) is 22.8 Å². The summed E-state index contributed by atoms with van der Waals surface area (Å²) in [6, 6.07) is 24.9. The molecule has 34 heavy (non-hydrogen) atoms. The third kappa shape index (κ3) is 7.74. The molecule has 0 aliphatic heterocycles. The Morgan fingerprint density at radius 1 is 0.853 bits per heavy atom. The van der Waals surface area contributed by atoms with Crippen LogP contribution in [0.1, 0.15) is 60.5 Å². The average molecular weight is 477 g/mol. The van der Waals surface area contributed by atoms with Gasteiger partial charge in [-0.1, -0.05) is 74.3 Å². The van der Waals surface area contributed by atoms with E-state index >= 15 is 0 Å². The van der Waals surface area contributed by atoms with Gasteiger partial charge < -0.3 is 5.32 Å². The summed E-state index contributed by atoms with van der Waals surface area (Å²) in [6.45, 7) is 4.84. The Labute approximate surface area is 207 Å². The Bertz CT molecular complexity index is 1050. The number of anilines is 1. The molecule has 0 radical (unpaired) electrons. The first kappa shape index (κ1) is 25.5. The molecule has 1 N–H and O–H groups in total. The molecule has 0 fully saturated rings. The molecule has 0 saturated carbocycles. The highest BCUT2D eigenvalue weighted by molar-refractivity contribution is 6.30. The van der Waals surface area contributed by atoms with Crippen LogP contribution in [0.5, 0.6) is 0 Å². The van der Waals surface area contributed by atoms with Crippen molar-refractivity contribution in [2.24, 2.45) is 0 Å². The van der Waals surface area contributed by atoms with Crippen LogP contribution in [-0.4, -0.2) is 24.9 Å². The van der Waals surface area contributed by atoms with Crippen molar-refractivity contribution < 1.29 is 9.59 Å². The Kier molecular flexibility index (Phi) is 9.72. The molecule has 3 aromatic rings. The molecule has 0 aliphatic rings. The van der Waals surface area contributed by atoms with Crippen LogP contribution in [0.3, 0.4) is 0 Å². The number of benzene rings is 3. The number of unbranched alkanes of at least 4 members (excludes halogenated alkanes) is 2. The maximum absolute atomic E-state index is 13.2. The van der Waals surface area contributed by atoms with Crippen LogP contribution in [-0.2, 0) is 11.2 Å². The molecule has 4 nitrogen and oxygen atoms in total. The van der Waals surface area contributed by atoms with E-state index in [1.165, 1.54) is 11.1 Å². The standard InChI is InChI=1S/C29H33ClN2O2/c1-22(2)24-14-18-27(19-15-24)32(29(34)25-10-6-3-7-11-25)21-28(33)31-20-8-4-5-9-23-12-16-26(30)17-13-23/h3,6-7,10-19,22H,4-5,8-9,20-21H2,1-2H3,(H,31,33). The van der Waals surface area contributed by atoms with Crippen LogP contribution in [0.25, 0.3) is 0 Å². The highest BCUT2D eigenvalue weighted by Crippen LogP contribution is 2.22. The minimum atomic E-state index is -0.184. The predicted molar refractivity (Wildman–Crippen MR) is 141 cm³/mol. The van der Waals surface area contributed by atoms with Gasteiger partial charge in [0.05, 0.1) is 0 Å². The van der Waals surface area contributed by atoms with Crippen molar-refractivity contribution in [1.29, 1.82) is 0 Å². The highest BCUT2D eigenvalue weighted by Gasteiger charge is 2.20. The van der Waals surface area contributed by atoms with E-state index in [0.29, 0.717) is 18.0 Å². The van der Waals surface area contributed by atoms with Crippen molar-refractivity contribution in [1.82, 2.24) is 5.32 Å². The smallest absolute Gasteiger partial charge is 0.258 e. The number of nitrogens with zero attached hydrogens (tertiary/aromatic N) is 1. The second-order valence-electron chi connectivity index (χ2n) is 8.79. The fourth-order valence-corrected chi connectivity index (χ4v) is 3.89. The van der Waals surface area contributed by atoms with Crippen LogP contribution >= 0.6 is 11.6 Å². The van der Waals surface area contributed by atoms with E-state index in [1.807, 2.05) is 54.6 Å². The number of amides is 2. The van der Waals surface area contributed by atoms with Crippen LogP contribution in [0.2, 0.25) is 5.02 Å². The topological polar surface area (TPSA) is 49.4 Å². The lowest BCUT2D eigenvalue weighted by molar-refractivity contribution is -0.119. The molecule has 0 unspecified atom stereocenters. The Hall–Kier alpha value is -3.11. The lowest BCUT2D eigenvalue weighted by Gasteiger charge is -2.23. The molecule has 0 heterocycles. The van der Waals surface area contributed by atoms with Crippen LogP contribution in [0.4, 0.5) is 5.69 Å². The summed E-state index contributed by atoms with van der Waals surface area (Å²) >= 11 is 5.93. The molecule has 2 amide bonds. The van der Waals surface area contributed by atoms with E-state index in [9.17, 15) is 9.59 Å². The number of nitrogens with one attached hydrogen (secondary N) is 1. The minimum Gasteiger partial charge on any atom is -0.355 e. The first-order chi connectivity index (χ1) is 16.4. The van der Waals surface area contributed by atoms with Crippen molar-refractivity contribution >= 4 is 29.1 Å². The van der Waals surface area contributed by atoms with E-state index in [1.54, 1.807) is 17.0 Å². The molecule has 0 saturated heterocycles. The molecule has 0 atom stereocenters. The van der Waals surface area contributed by atoms with Gasteiger partial charge in [-0.25, -0.2) is 0 Å². The molecular formula is C29H33ClN2O2. The zero-order valence-electron chi connectivity index (χ0n) is 20.0. The number of hydrogen-bond donors (Lipinski definition) is 1. The molecular weight excluding hydrogens is 444 g/mol. The molecule has 5 heteroatoms. The summed E-state index contributed by atoms with van der Waals surface area (Å²) in [5.41, 5.74) is 3.74. The highest BCUT2D eigenvalue weighted by atomic mass is 35.5. The minimum absolute atomic E-state index is 0.0144. The lowest BCUT2D eigenvalue weighted by Crippen LogP contribution is -2.41. The monoisotopic (exact) mass is 476 g/mol. The number of halogens is 1. The number of carbonyl (C=O) groups excluding carboxylic acids is 2. The SMILES string of the molecule is CC(C)c1ccc(N(CC(=O)NCCCCCc2ccc(Cl)cc2)C(=O)c2ccccc2)cc1. The van der Waals surface area contributed by atoms with Gasteiger partial charge in [0.1, 0.15) is 6.54 Å². The number of hydrogen-bond acceptors (Lipinski definition) is 2. The van der Waals surface area contributed by atoms with Gasteiger partial charge in [0.25, 0.3) is 5.91 Å². The third-order valence-electron chi connectivity index (χ3n) is 5.82. The number of aryl methyl sites for hydroxylation is 1. The molecule has 0 spiro atoms. The number of rotatable bonds is 11. The van der Waals surface area contributed by atoms with Gasteiger partial charge in [-0.15, -0.1) is 0 Å². The molecule has 3 aromatic carbocycles. The Morgan fingerprint density at radius 3 is 2.18 bits per heavy atom. The van der Waals surface area contributed by atoms with Gasteiger partial charge in [-0.3, -0.25) is 14.5 Å². The fraction of sp³-hybridized carbons (Fsp3) is 0.310. The maximum atomic E-state index is 13.2. The summed E-state index contributed by atoms with van der Waals surface area (Å²) < 4.78 is 0. The van der Waals surface area contributed by atoms with E-state index in [-0.39, 0.29) is 18.4 Å². The van der Waals surface area contributed by atoms with Crippen molar-refractivity contribution in [2.45, 2.75) is 45.4 Å². The van der Waals surface area contributed by atoms with Gasteiger partial charge in [-0.2, -0.15) is 0 Å². The first-order valence-electron chi connectivity index (χ1n) is 11.9. The summed E-state index contributed by atoms with van der Waals surface area (Å²) in [7, 11) is 0. The zero-order valence-corrected chi connectivity index (χ0v) is 20.7. The fourth-order valence-electron chi connectivity index (χ4n) is 3.77. The molecule has 0 aromatic heterocycles.